The number of benzene rings is 2. The van der Waals surface area contributed by atoms with Crippen LogP contribution >= 0.6 is 24.0 Å². The van der Waals surface area contributed by atoms with Gasteiger partial charge in [-0.2, -0.15) is 0 Å². The molecule has 0 aliphatic carbocycles. The molecule has 0 fully saturated rings. The van der Waals surface area contributed by atoms with E-state index in [1.54, 1.807) is 28.4 Å². The molecule has 0 bridgehead atoms. The first-order valence-electron chi connectivity index (χ1n) is 10.7. The van der Waals surface area contributed by atoms with Crippen molar-refractivity contribution in [2.45, 2.75) is 33.4 Å². The van der Waals surface area contributed by atoms with E-state index in [9.17, 15) is 0 Å². The van der Waals surface area contributed by atoms with Crippen LogP contribution in [0.5, 0.6) is 28.7 Å². The standard InChI is InChI=1S/C24H35N3O5.HI/c1-8-31-19-11-10-17(12-23(19)32-9-2)16(3)27-24(25-4)26-15-18-13-21(29-6)22(30-7)14-20(18)28-5;/h10-14,16H,8-9,15H2,1-7H3,(H2,25,26,27);1H. The number of nitrogens with one attached hydrogen (secondary N) is 2. The van der Waals surface area contributed by atoms with Gasteiger partial charge in [0, 0.05) is 25.2 Å². The van der Waals surface area contributed by atoms with Gasteiger partial charge in [0.05, 0.1) is 40.6 Å². The van der Waals surface area contributed by atoms with Crippen LogP contribution in [0.2, 0.25) is 0 Å². The Morgan fingerprint density at radius 3 is 2.03 bits per heavy atom. The molecule has 1 atom stereocenters. The molecule has 0 saturated carbocycles. The molecule has 0 aromatic heterocycles. The summed E-state index contributed by atoms with van der Waals surface area (Å²) in [7, 11) is 6.57. The lowest BCUT2D eigenvalue weighted by molar-refractivity contribution is 0.287. The fourth-order valence-corrected chi connectivity index (χ4v) is 3.23. The zero-order chi connectivity index (χ0) is 23.5. The van der Waals surface area contributed by atoms with Crippen molar-refractivity contribution >= 4 is 29.9 Å². The van der Waals surface area contributed by atoms with Crippen LogP contribution < -0.4 is 34.3 Å². The van der Waals surface area contributed by atoms with Gasteiger partial charge < -0.3 is 34.3 Å². The third-order valence-electron chi connectivity index (χ3n) is 4.88. The van der Waals surface area contributed by atoms with E-state index < -0.39 is 0 Å². The number of hydrogen-bond acceptors (Lipinski definition) is 6. The highest BCUT2D eigenvalue weighted by molar-refractivity contribution is 14.0. The zero-order valence-electron chi connectivity index (χ0n) is 20.5. The molecular formula is C24H36IN3O5. The Hall–Kier alpha value is -2.56. The number of hydrogen-bond donors (Lipinski definition) is 2. The molecule has 0 spiro atoms. The van der Waals surface area contributed by atoms with Crippen molar-refractivity contribution in [3.05, 3.63) is 41.5 Å². The first-order chi connectivity index (χ1) is 15.5. The van der Waals surface area contributed by atoms with E-state index in [-0.39, 0.29) is 30.0 Å². The number of halogens is 1. The summed E-state index contributed by atoms with van der Waals surface area (Å²) in [6.45, 7) is 7.62. The number of rotatable bonds is 11. The van der Waals surface area contributed by atoms with Crippen molar-refractivity contribution in [1.29, 1.82) is 0 Å². The lowest BCUT2D eigenvalue weighted by Gasteiger charge is -2.21. The second kappa shape index (κ2) is 14.6. The Bertz CT molecular complexity index is 908. The Kier molecular flexibility index (Phi) is 12.6. The molecule has 2 rings (SSSR count). The highest BCUT2D eigenvalue weighted by atomic mass is 127. The maximum atomic E-state index is 5.75. The molecular weight excluding hydrogens is 537 g/mol. The van der Waals surface area contributed by atoms with Gasteiger partial charge in [-0.15, -0.1) is 24.0 Å². The lowest BCUT2D eigenvalue weighted by Crippen LogP contribution is -2.38. The summed E-state index contributed by atoms with van der Waals surface area (Å²) in [6.07, 6.45) is 0. The van der Waals surface area contributed by atoms with Crippen LogP contribution in [0.15, 0.2) is 35.3 Å². The van der Waals surface area contributed by atoms with Crippen molar-refractivity contribution in [2.75, 3.05) is 41.6 Å². The highest BCUT2D eigenvalue weighted by Crippen LogP contribution is 2.34. The average Bonchev–Trinajstić information content (AvgIpc) is 2.82. The van der Waals surface area contributed by atoms with Crippen LogP contribution in [-0.2, 0) is 6.54 Å². The number of guanidine groups is 1. The smallest absolute Gasteiger partial charge is 0.191 e. The maximum Gasteiger partial charge on any atom is 0.191 e. The Morgan fingerprint density at radius 2 is 1.45 bits per heavy atom. The normalized spacial score (nSPS) is 11.7. The number of ether oxygens (including phenoxy) is 5. The topological polar surface area (TPSA) is 82.6 Å². The zero-order valence-corrected chi connectivity index (χ0v) is 22.8. The molecule has 0 amide bonds. The molecule has 2 aromatic rings. The second-order valence-corrected chi connectivity index (χ2v) is 6.88. The summed E-state index contributed by atoms with van der Waals surface area (Å²) in [6, 6.07) is 9.65. The minimum absolute atomic E-state index is 0. The van der Waals surface area contributed by atoms with Crippen LogP contribution in [0.1, 0.15) is 37.9 Å². The molecule has 0 radical (unpaired) electrons. The number of nitrogens with zero attached hydrogens (tertiary/aromatic N) is 1. The van der Waals surface area contributed by atoms with Crippen molar-refractivity contribution in [3.63, 3.8) is 0 Å². The summed E-state index contributed by atoms with van der Waals surface area (Å²) in [5.74, 6) is 4.09. The molecule has 1 unspecified atom stereocenters. The predicted molar refractivity (Wildman–Crippen MR) is 142 cm³/mol. The Labute approximate surface area is 214 Å². The summed E-state index contributed by atoms with van der Waals surface area (Å²) in [5.41, 5.74) is 1.98. The molecule has 8 nitrogen and oxygen atoms in total. The van der Waals surface area contributed by atoms with Gasteiger partial charge in [-0.05, 0) is 44.5 Å². The monoisotopic (exact) mass is 573 g/mol. The minimum atomic E-state index is -0.0108. The van der Waals surface area contributed by atoms with Gasteiger partial charge in [0.2, 0.25) is 0 Å². The summed E-state index contributed by atoms with van der Waals surface area (Å²) < 4.78 is 27.7. The van der Waals surface area contributed by atoms with E-state index in [4.69, 9.17) is 23.7 Å². The third-order valence-corrected chi connectivity index (χ3v) is 4.88. The van der Waals surface area contributed by atoms with E-state index >= 15 is 0 Å². The van der Waals surface area contributed by atoms with Crippen molar-refractivity contribution in [1.82, 2.24) is 10.6 Å². The van der Waals surface area contributed by atoms with Crippen LogP contribution in [0, 0.1) is 0 Å². The number of aliphatic imine (C=N–C) groups is 1. The van der Waals surface area contributed by atoms with E-state index in [0.717, 1.165) is 22.6 Å². The summed E-state index contributed by atoms with van der Waals surface area (Å²) >= 11 is 0. The average molecular weight is 573 g/mol. The predicted octanol–water partition coefficient (Wildman–Crippen LogP) is 4.55. The van der Waals surface area contributed by atoms with E-state index in [2.05, 4.69) is 22.5 Å². The Balaban J connectivity index is 0.00000544. The van der Waals surface area contributed by atoms with Crippen LogP contribution in [0.3, 0.4) is 0 Å². The highest BCUT2D eigenvalue weighted by Gasteiger charge is 2.15. The van der Waals surface area contributed by atoms with Crippen LogP contribution in [-0.4, -0.2) is 47.6 Å². The molecule has 2 N–H and O–H groups in total. The van der Waals surface area contributed by atoms with Crippen LogP contribution in [0.25, 0.3) is 0 Å². The molecule has 0 aliphatic rings. The SMILES string of the molecule is CCOc1ccc(C(C)NC(=NC)NCc2cc(OC)c(OC)cc2OC)cc1OCC.I. The summed E-state index contributed by atoms with van der Waals surface area (Å²) in [5, 5.41) is 6.74. The lowest BCUT2D eigenvalue weighted by atomic mass is 10.1. The first-order valence-corrected chi connectivity index (χ1v) is 10.7. The van der Waals surface area contributed by atoms with Gasteiger partial charge in [0.25, 0.3) is 0 Å². The Morgan fingerprint density at radius 1 is 0.848 bits per heavy atom. The second-order valence-electron chi connectivity index (χ2n) is 6.88. The van der Waals surface area contributed by atoms with Gasteiger partial charge in [0.15, 0.2) is 29.0 Å². The van der Waals surface area contributed by atoms with Crippen molar-refractivity contribution in [2.24, 2.45) is 4.99 Å². The minimum Gasteiger partial charge on any atom is -0.496 e. The van der Waals surface area contributed by atoms with Crippen LogP contribution in [0.4, 0.5) is 0 Å². The molecule has 184 valence electrons. The third kappa shape index (κ3) is 7.76. The van der Waals surface area contributed by atoms with Gasteiger partial charge in [-0.25, -0.2) is 0 Å². The molecule has 0 heterocycles. The fourth-order valence-electron chi connectivity index (χ4n) is 3.23. The van der Waals surface area contributed by atoms with Gasteiger partial charge in [0.1, 0.15) is 5.75 Å². The fraction of sp³-hybridized carbons (Fsp3) is 0.458. The van der Waals surface area contributed by atoms with Crippen molar-refractivity contribution < 1.29 is 23.7 Å². The first kappa shape index (κ1) is 28.5. The molecule has 0 aliphatic heterocycles. The van der Waals surface area contributed by atoms with E-state index in [0.29, 0.717) is 43.0 Å². The maximum absolute atomic E-state index is 5.75. The number of methoxy groups -OCH3 is 3. The van der Waals surface area contributed by atoms with Gasteiger partial charge in [-0.3, -0.25) is 4.99 Å². The molecule has 9 heteroatoms. The molecule has 2 aromatic carbocycles. The quantitative estimate of drug-likeness (QED) is 0.232. The molecule has 0 saturated heterocycles. The van der Waals surface area contributed by atoms with Gasteiger partial charge in [-0.1, -0.05) is 6.07 Å². The van der Waals surface area contributed by atoms with Gasteiger partial charge >= 0.3 is 0 Å². The van der Waals surface area contributed by atoms with E-state index in [1.807, 2.05) is 44.2 Å². The van der Waals surface area contributed by atoms with E-state index in [1.165, 1.54) is 0 Å². The molecule has 33 heavy (non-hydrogen) atoms. The largest absolute Gasteiger partial charge is 0.496 e. The summed E-state index contributed by atoms with van der Waals surface area (Å²) in [4.78, 5) is 4.35. The van der Waals surface area contributed by atoms with Crippen molar-refractivity contribution in [3.8, 4) is 28.7 Å².